The molecule has 7 heteroatoms. The molecule has 0 saturated carbocycles. The van der Waals surface area contributed by atoms with Gasteiger partial charge in [0.25, 0.3) is 0 Å². The molecular formula is C23H29Cl3O4. The Balaban J connectivity index is 2.16. The topological polar surface area (TPSA) is 47.9 Å². The molecule has 0 radical (unpaired) electrons. The molecule has 2 aromatic carbocycles. The molecule has 4 nitrogen and oxygen atoms in total. The van der Waals surface area contributed by atoms with E-state index in [0.29, 0.717) is 34.0 Å². The third-order valence-electron chi connectivity index (χ3n) is 4.88. The third-order valence-corrected chi connectivity index (χ3v) is 6.00. The first kappa shape index (κ1) is 25.1. The van der Waals surface area contributed by atoms with Crippen LogP contribution in [0.2, 0.25) is 10.0 Å². The second-order valence-electron chi connectivity index (χ2n) is 7.91. The van der Waals surface area contributed by atoms with Crippen molar-refractivity contribution < 1.29 is 19.3 Å². The molecule has 0 fully saturated rings. The highest BCUT2D eigenvalue weighted by molar-refractivity contribution is 6.32. The molecule has 0 aliphatic rings. The summed E-state index contributed by atoms with van der Waals surface area (Å²) < 4.78 is 16.3. The van der Waals surface area contributed by atoms with Crippen LogP contribution in [0.1, 0.15) is 31.9 Å². The molecule has 0 aliphatic carbocycles. The Labute approximate surface area is 194 Å². The summed E-state index contributed by atoms with van der Waals surface area (Å²) in [5.41, 5.74) is 1.70. The largest absolute Gasteiger partial charge is 0.492 e. The Morgan fingerprint density at radius 1 is 0.900 bits per heavy atom. The van der Waals surface area contributed by atoms with Gasteiger partial charge in [-0.25, -0.2) is 0 Å². The number of hydrogen-bond acceptors (Lipinski definition) is 4. The van der Waals surface area contributed by atoms with Crippen molar-refractivity contribution in [1.29, 1.82) is 0 Å². The highest BCUT2D eigenvalue weighted by Gasteiger charge is 2.25. The lowest BCUT2D eigenvalue weighted by atomic mass is 9.78. The predicted molar refractivity (Wildman–Crippen MR) is 124 cm³/mol. The van der Waals surface area contributed by atoms with Crippen LogP contribution in [0.5, 0.6) is 11.5 Å². The van der Waals surface area contributed by atoms with E-state index < -0.39 is 6.10 Å². The molecule has 0 aromatic heterocycles. The van der Waals surface area contributed by atoms with Gasteiger partial charge in [-0.15, -0.1) is 11.6 Å². The zero-order chi connectivity index (χ0) is 22.3. The zero-order valence-corrected chi connectivity index (χ0v) is 20.0. The number of methoxy groups -OCH3 is 1. The smallest absolute Gasteiger partial charge is 0.138 e. The van der Waals surface area contributed by atoms with E-state index >= 15 is 0 Å². The number of halogens is 3. The molecule has 0 amide bonds. The predicted octanol–water partition coefficient (Wildman–Crippen LogP) is 5.96. The summed E-state index contributed by atoms with van der Waals surface area (Å²) in [6.07, 6.45) is -0.711. The summed E-state index contributed by atoms with van der Waals surface area (Å²) in [6.45, 7) is 7.05. The van der Waals surface area contributed by atoms with Gasteiger partial charge in [0.1, 0.15) is 24.2 Å². The average molecular weight is 476 g/mol. The number of aliphatic hydroxyl groups is 1. The third kappa shape index (κ3) is 6.66. The van der Waals surface area contributed by atoms with Gasteiger partial charge in [0.05, 0.1) is 23.3 Å². The van der Waals surface area contributed by atoms with E-state index in [0.717, 1.165) is 11.1 Å². The molecule has 2 rings (SSSR count). The van der Waals surface area contributed by atoms with Gasteiger partial charge >= 0.3 is 0 Å². The van der Waals surface area contributed by atoms with Gasteiger partial charge in [0.15, 0.2) is 0 Å². The number of hydrogen-bond donors (Lipinski definition) is 1. The van der Waals surface area contributed by atoms with Crippen LogP contribution in [0.4, 0.5) is 0 Å². The highest BCUT2D eigenvalue weighted by Crippen LogP contribution is 2.38. The van der Waals surface area contributed by atoms with E-state index in [2.05, 4.69) is 13.8 Å². The van der Waals surface area contributed by atoms with E-state index in [1.165, 1.54) is 7.11 Å². The lowest BCUT2D eigenvalue weighted by Crippen LogP contribution is -2.23. The van der Waals surface area contributed by atoms with Crippen molar-refractivity contribution >= 4 is 34.8 Å². The average Bonchev–Trinajstić information content (AvgIpc) is 2.71. The maximum atomic E-state index is 9.74. The molecule has 166 valence electrons. The monoisotopic (exact) mass is 474 g/mol. The van der Waals surface area contributed by atoms with Crippen molar-refractivity contribution in [3.8, 4) is 11.5 Å². The van der Waals surface area contributed by atoms with Crippen molar-refractivity contribution in [2.45, 2.75) is 32.3 Å². The molecule has 30 heavy (non-hydrogen) atoms. The minimum atomic E-state index is -0.711. The van der Waals surface area contributed by atoms with Gasteiger partial charge in [0, 0.05) is 24.3 Å². The van der Waals surface area contributed by atoms with Crippen molar-refractivity contribution in [1.82, 2.24) is 0 Å². The van der Waals surface area contributed by atoms with Crippen LogP contribution in [-0.2, 0) is 10.2 Å². The van der Waals surface area contributed by atoms with Gasteiger partial charge in [-0.1, -0.05) is 56.1 Å². The minimum absolute atomic E-state index is 0.107. The van der Waals surface area contributed by atoms with Crippen LogP contribution in [0.15, 0.2) is 36.4 Å². The lowest BCUT2D eigenvalue weighted by Gasteiger charge is -2.27. The molecule has 0 aliphatic heterocycles. The maximum absolute atomic E-state index is 9.74. The fourth-order valence-electron chi connectivity index (χ4n) is 2.88. The van der Waals surface area contributed by atoms with Crippen LogP contribution in [0.3, 0.4) is 0 Å². The fraction of sp³-hybridized carbons (Fsp3) is 0.478. The summed E-state index contributed by atoms with van der Waals surface area (Å²) in [4.78, 5) is 0. The number of aliphatic hydroxyl groups excluding tert-OH is 1. The van der Waals surface area contributed by atoms with Gasteiger partial charge in [-0.2, -0.15) is 0 Å². The number of alkyl halides is 1. The quantitative estimate of drug-likeness (QED) is 0.407. The molecule has 0 unspecified atom stereocenters. The van der Waals surface area contributed by atoms with Gasteiger partial charge < -0.3 is 19.3 Å². The molecular weight excluding hydrogens is 447 g/mol. The van der Waals surface area contributed by atoms with Crippen molar-refractivity contribution in [2.75, 3.05) is 32.8 Å². The Kier molecular flexibility index (Phi) is 9.58. The van der Waals surface area contributed by atoms with Gasteiger partial charge in [-0.05, 0) is 35.4 Å². The second kappa shape index (κ2) is 11.4. The fourth-order valence-corrected chi connectivity index (χ4v) is 3.44. The number of ether oxygens (including phenoxy) is 3. The summed E-state index contributed by atoms with van der Waals surface area (Å²) in [6, 6.07) is 11.5. The molecule has 0 bridgehead atoms. The molecule has 2 aromatic rings. The first-order chi connectivity index (χ1) is 14.2. The molecule has 1 N–H and O–H groups in total. The maximum Gasteiger partial charge on any atom is 0.138 e. The molecule has 0 saturated heterocycles. The van der Waals surface area contributed by atoms with Crippen molar-refractivity contribution in [3.05, 3.63) is 57.6 Å². The Morgan fingerprint density at radius 2 is 1.40 bits per heavy atom. The second-order valence-corrected chi connectivity index (χ2v) is 9.03. The lowest BCUT2D eigenvalue weighted by molar-refractivity contribution is 0.0326. The van der Waals surface area contributed by atoms with Crippen molar-refractivity contribution in [3.63, 3.8) is 0 Å². The molecule has 0 spiro atoms. The normalized spacial score (nSPS) is 13.7. The number of rotatable bonds is 11. The Bertz CT molecular complexity index is 826. The molecule has 0 heterocycles. The first-order valence-electron chi connectivity index (χ1n) is 9.77. The first-order valence-corrected chi connectivity index (χ1v) is 11.1. The van der Waals surface area contributed by atoms with Crippen LogP contribution in [0.25, 0.3) is 0 Å². The summed E-state index contributed by atoms with van der Waals surface area (Å²) in [5, 5.41) is 10.8. The van der Waals surface area contributed by atoms with E-state index in [1.807, 2.05) is 43.3 Å². The SMILES string of the molecule is COC[C@@H](O)COc1ccc(C(C)(C)c2ccc(OC[C@H](C)CCl)c(Cl)c2)cc1Cl. The van der Waals surface area contributed by atoms with Crippen LogP contribution >= 0.6 is 34.8 Å². The summed E-state index contributed by atoms with van der Waals surface area (Å²) in [7, 11) is 1.53. The zero-order valence-electron chi connectivity index (χ0n) is 17.8. The number of benzene rings is 2. The van der Waals surface area contributed by atoms with Crippen LogP contribution < -0.4 is 9.47 Å². The van der Waals surface area contributed by atoms with E-state index in [1.54, 1.807) is 0 Å². The molecule has 2 atom stereocenters. The standard InChI is InChI=1S/C23H29Cl3O4/c1-15(11-24)12-29-21-7-5-16(9-19(21)25)23(2,3)17-6-8-22(20(26)10-17)30-14-18(27)13-28-4/h5-10,15,18,27H,11-14H2,1-4H3/t15-,18-/m1/s1. The Hall–Kier alpha value is -1.17. The minimum Gasteiger partial charge on any atom is -0.492 e. The summed E-state index contributed by atoms with van der Waals surface area (Å²) in [5.74, 6) is 1.94. The highest BCUT2D eigenvalue weighted by atomic mass is 35.5. The van der Waals surface area contributed by atoms with Crippen molar-refractivity contribution in [2.24, 2.45) is 5.92 Å². The van der Waals surface area contributed by atoms with Crippen LogP contribution in [0, 0.1) is 5.92 Å². The van der Waals surface area contributed by atoms with E-state index in [4.69, 9.17) is 49.0 Å². The van der Waals surface area contributed by atoms with Gasteiger partial charge in [0.2, 0.25) is 0 Å². The van der Waals surface area contributed by atoms with E-state index in [-0.39, 0.29) is 24.5 Å². The van der Waals surface area contributed by atoms with E-state index in [9.17, 15) is 5.11 Å². The summed E-state index contributed by atoms with van der Waals surface area (Å²) >= 11 is 18.7. The van der Waals surface area contributed by atoms with Gasteiger partial charge in [-0.3, -0.25) is 0 Å². The Morgan fingerprint density at radius 3 is 1.83 bits per heavy atom. The van der Waals surface area contributed by atoms with Crippen LogP contribution in [-0.4, -0.2) is 44.0 Å².